The molecule has 1 heterocycles. The van der Waals surface area contributed by atoms with E-state index in [9.17, 15) is 9.59 Å². The van der Waals surface area contributed by atoms with Gasteiger partial charge in [-0.15, -0.1) is 0 Å². The maximum absolute atomic E-state index is 13.0. The van der Waals surface area contributed by atoms with Crippen LogP contribution in [-0.2, 0) is 16.0 Å². The minimum Gasteiger partial charge on any atom is -0.325 e. The number of carbonyl (C=O) groups is 2. The van der Waals surface area contributed by atoms with Gasteiger partial charge in [0.2, 0.25) is 11.8 Å². The summed E-state index contributed by atoms with van der Waals surface area (Å²) < 4.78 is 0. The predicted octanol–water partition coefficient (Wildman–Crippen LogP) is 4.55. The monoisotopic (exact) mass is 376 g/mol. The minimum atomic E-state index is -1.22. The summed E-state index contributed by atoms with van der Waals surface area (Å²) in [6.45, 7) is 3.84. The van der Waals surface area contributed by atoms with Crippen LogP contribution in [0.25, 0.3) is 0 Å². The molecule has 0 fully saturated rings. The molecular weight excluding hydrogens is 359 g/mol. The van der Waals surface area contributed by atoms with Crippen LogP contribution >= 0.6 is 23.2 Å². The van der Waals surface area contributed by atoms with Gasteiger partial charge in [0, 0.05) is 17.9 Å². The van der Waals surface area contributed by atoms with E-state index in [4.69, 9.17) is 23.2 Å². The summed E-state index contributed by atoms with van der Waals surface area (Å²) in [4.78, 5) is 27.4. The van der Waals surface area contributed by atoms with Crippen molar-refractivity contribution >= 4 is 46.4 Å². The number of hydrogen-bond donors (Lipinski definition) is 1. The smallest absolute Gasteiger partial charge is 0.242 e. The zero-order valence-corrected chi connectivity index (χ0v) is 15.5. The second-order valence-electron chi connectivity index (χ2n) is 6.54. The topological polar surface area (TPSA) is 49.4 Å². The average Bonchev–Trinajstić information content (AvgIpc) is 3.01. The van der Waals surface area contributed by atoms with Crippen molar-refractivity contribution in [3.8, 4) is 0 Å². The van der Waals surface area contributed by atoms with E-state index < -0.39 is 5.41 Å². The Hall–Kier alpha value is -2.04. The number of anilines is 2. The highest BCUT2D eigenvalue weighted by molar-refractivity contribution is 6.42. The normalized spacial score (nSPS) is 13.5. The van der Waals surface area contributed by atoms with Gasteiger partial charge in [-0.2, -0.15) is 0 Å². The number of benzene rings is 2. The molecule has 3 rings (SSSR count). The molecule has 130 valence electrons. The van der Waals surface area contributed by atoms with E-state index in [0.717, 1.165) is 17.7 Å². The van der Waals surface area contributed by atoms with Crippen LogP contribution in [0, 0.1) is 5.41 Å². The van der Waals surface area contributed by atoms with E-state index in [-0.39, 0.29) is 11.8 Å². The van der Waals surface area contributed by atoms with Crippen LogP contribution < -0.4 is 10.2 Å². The van der Waals surface area contributed by atoms with Gasteiger partial charge in [0.05, 0.1) is 10.0 Å². The molecule has 2 aromatic carbocycles. The Morgan fingerprint density at radius 3 is 2.52 bits per heavy atom. The van der Waals surface area contributed by atoms with Crippen LogP contribution in [0.15, 0.2) is 42.5 Å². The van der Waals surface area contributed by atoms with Crippen molar-refractivity contribution in [1.82, 2.24) is 0 Å². The van der Waals surface area contributed by atoms with Gasteiger partial charge in [-0.3, -0.25) is 9.59 Å². The molecule has 4 nitrogen and oxygen atoms in total. The van der Waals surface area contributed by atoms with E-state index in [1.807, 2.05) is 24.3 Å². The quantitative estimate of drug-likeness (QED) is 0.798. The van der Waals surface area contributed by atoms with Crippen LogP contribution in [0.1, 0.15) is 19.4 Å². The Balaban J connectivity index is 1.79. The van der Waals surface area contributed by atoms with Gasteiger partial charge in [-0.05, 0) is 50.1 Å². The lowest BCUT2D eigenvalue weighted by atomic mass is 9.90. The van der Waals surface area contributed by atoms with E-state index >= 15 is 0 Å². The zero-order valence-electron chi connectivity index (χ0n) is 14.0. The number of nitrogens with one attached hydrogen (secondary N) is 1. The molecule has 0 unspecified atom stereocenters. The summed E-state index contributed by atoms with van der Waals surface area (Å²) in [6.07, 6.45) is 0.798. The van der Waals surface area contributed by atoms with Crippen LogP contribution in [0.2, 0.25) is 10.0 Å². The molecule has 0 spiro atoms. The Morgan fingerprint density at radius 2 is 1.80 bits per heavy atom. The maximum Gasteiger partial charge on any atom is 0.242 e. The molecule has 2 amide bonds. The molecule has 0 bridgehead atoms. The third-order valence-electron chi connectivity index (χ3n) is 4.41. The van der Waals surface area contributed by atoms with E-state index in [1.54, 1.807) is 36.9 Å². The third kappa shape index (κ3) is 3.37. The van der Waals surface area contributed by atoms with E-state index in [1.165, 1.54) is 0 Å². The molecule has 0 aliphatic carbocycles. The van der Waals surface area contributed by atoms with Crippen molar-refractivity contribution in [3.05, 3.63) is 58.1 Å². The standard InChI is InChI=1S/C19H18Cl2N2O2/c1-19(2,17(24)22-13-7-8-14(20)15(21)11-13)18(25)23-10-9-12-5-3-4-6-16(12)23/h3-8,11H,9-10H2,1-2H3,(H,22,24). The van der Waals surface area contributed by atoms with Crippen LogP contribution in [0.3, 0.4) is 0 Å². The summed E-state index contributed by atoms with van der Waals surface area (Å²) in [6, 6.07) is 12.6. The fraction of sp³-hybridized carbons (Fsp3) is 0.263. The number of fused-ring (bicyclic) bond motifs is 1. The highest BCUT2D eigenvalue weighted by atomic mass is 35.5. The molecule has 0 saturated carbocycles. The summed E-state index contributed by atoms with van der Waals surface area (Å²) >= 11 is 11.9. The number of carbonyl (C=O) groups excluding carboxylic acids is 2. The summed E-state index contributed by atoms with van der Waals surface area (Å²) in [5.74, 6) is -0.615. The third-order valence-corrected chi connectivity index (χ3v) is 5.15. The number of nitrogens with zero attached hydrogens (tertiary/aromatic N) is 1. The second kappa shape index (κ2) is 6.70. The highest BCUT2D eigenvalue weighted by Crippen LogP contribution is 2.33. The Kier molecular flexibility index (Phi) is 4.76. The summed E-state index contributed by atoms with van der Waals surface area (Å²) in [7, 11) is 0. The van der Waals surface area contributed by atoms with Gasteiger partial charge < -0.3 is 10.2 Å². The predicted molar refractivity (Wildman–Crippen MR) is 101 cm³/mol. The van der Waals surface area contributed by atoms with Crippen molar-refractivity contribution in [2.45, 2.75) is 20.3 Å². The maximum atomic E-state index is 13.0. The lowest BCUT2D eigenvalue weighted by Gasteiger charge is -2.28. The highest BCUT2D eigenvalue weighted by Gasteiger charge is 2.41. The number of para-hydroxylation sites is 1. The number of halogens is 2. The lowest BCUT2D eigenvalue weighted by molar-refractivity contribution is -0.136. The van der Waals surface area contributed by atoms with Crippen molar-refractivity contribution in [2.75, 3.05) is 16.8 Å². The molecular formula is C19H18Cl2N2O2. The van der Waals surface area contributed by atoms with Crippen molar-refractivity contribution < 1.29 is 9.59 Å². The summed E-state index contributed by atoms with van der Waals surface area (Å²) in [5, 5.41) is 3.50. The average molecular weight is 377 g/mol. The van der Waals surface area contributed by atoms with Gasteiger partial charge in [0.15, 0.2) is 0 Å². The SMILES string of the molecule is CC(C)(C(=O)Nc1ccc(Cl)c(Cl)c1)C(=O)N1CCc2ccccc21. The molecule has 25 heavy (non-hydrogen) atoms. The first-order valence-electron chi connectivity index (χ1n) is 7.97. The summed E-state index contributed by atoms with van der Waals surface area (Å²) in [5.41, 5.74) is 1.28. The molecule has 6 heteroatoms. The van der Waals surface area contributed by atoms with Gasteiger partial charge in [0.1, 0.15) is 5.41 Å². The van der Waals surface area contributed by atoms with E-state index in [0.29, 0.717) is 22.3 Å². The molecule has 0 aromatic heterocycles. The number of amides is 2. The Labute approximate surface area is 156 Å². The van der Waals surface area contributed by atoms with Gasteiger partial charge >= 0.3 is 0 Å². The Bertz CT molecular complexity index is 849. The molecule has 1 aliphatic rings. The zero-order chi connectivity index (χ0) is 18.2. The van der Waals surface area contributed by atoms with Crippen molar-refractivity contribution in [1.29, 1.82) is 0 Å². The fourth-order valence-electron chi connectivity index (χ4n) is 2.84. The largest absolute Gasteiger partial charge is 0.325 e. The second-order valence-corrected chi connectivity index (χ2v) is 7.36. The Morgan fingerprint density at radius 1 is 1.08 bits per heavy atom. The molecule has 2 aromatic rings. The molecule has 1 N–H and O–H groups in total. The van der Waals surface area contributed by atoms with Gasteiger partial charge in [-0.1, -0.05) is 41.4 Å². The first kappa shape index (κ1) is 17.8. The number of rotatable bonds is 3. The van der Waals surface area contributed by atoms with Crippen LogP contribution in [0.5, 0.6) is 0 Å². The fourth-order valence-corrected chi connectivity index (χ4v) is 3.14. The lowest BCUT2D eigenvalue weighted by Crippen LogP contribution is -2.47. The molecule has 0 saturated heterocycles. The van der Waals surface area contributed by atoms with Crippen molar-refractivity contribution in [3.63, 3.8) is 0 Å². The minimum absolute atomic E-state index is 0.227. The van der Waals surface area contributed by atoms with Gasteiger partial charge in [0.25, 0.3) is 0 Å². The molecule has 0 atom stereocenters. The number of hydrogen-bond acceptors (Lipinski definition) is 2. The molecule has 1 aliphatic heterocycles. The van der Waals surface area contributed by atoms with E-state index in [2.05, 4.69) is 5.32 Å². The molecule has 0 radical (unpaired) electrons. The first-order chi connectivity index (χ1) is 11.8. The first-order valence-corrected chi connectivity index (χ1v) is 8.72. The van der Waals surface area contributed by atoms with Gasteiger partial charge in [-0.25, -0.2) is 0 Å². The van der Waals surface area contributed by atoms with Crippen LogP contribution in [-0.4, -0.2) is 18.4 Å². The van der Waals surface area contributed by atoms with Crippen molar-refractivity contribution in [2.24, 2.45) is 5.41 Å². The van der Waals surface area contributed by atoms with Crippen LogP contribution in [0.4, 0.5) is 11.4 Å².